The monoisotopic (exact) mass is 446 g/mol. The van der Waals surface area contributed by atoms with Crippen LogP contribution < -0.4 is 0 Å². The smallest absolute Gasteiger partial charge is 0.161 e. The number of benzene rings is 4. The van der Waals surface area contributed by atoms with Gasteiger partial charge in [-0.1, -0.05) is 72.8 Å². The van der Waals surface area contributed by atoms with Gasteiger partial charge in [-0.2, -0.15) is 0 Å². The van der Waals surface area contributed by atoms with E-state index < -0.39 is 0 Å². The Bertz CT molecular complexity index is 1450. The summed E-state index contributed by atoms with van der Waals surface area (Å²) in [5, 5.41) is 4.97. The number of rotatable bonds is 2. The minimum atomic E-state index is -0.218. The van der Waals surface area contributed by atoms with E-state index in [4.69, 9.17) is 9.47 Å². The van der Waals surface area contributed by atoms with Crippen molar-refractivity contribution in [1.29, 1.82) is 0 Å². The number of hydrogen-bond acceptors (Lipinski definition) is 2. The number of aromatic nitrogens is 2. The number of para-hydroxylation sites is 4. The first kappa shape index (κ1) is 19.8. The van der Waals surface area contributed by atoms with E-state index in [0.29, 0.717) is 0 Å². The molecule has 2 aromatic heterocycles. The van der Waals surface area contributed by atoms with Crippen LogP contribution in [0.25, 0.3) is 43.6 Å². The molecule has 6 aromatic rings. The number of ether oxygens (including phenoxy) is 2. The van der Waals surface area contributed by atoms with E-state index >= 15 is 0 Å². The van der Waals surface area contributed by atoms with Gasteiger partial charge in [0.05, 0.1) is 22.1 Å². The predicted octanol–water partition coefficient (Wildman–Crippen LogP) is 7.42. The van der Waals surface area contributed by atoms with Gasteiger partial charge in [-0.3, -0.25) is 0 Å². The van der Waals surface area contributed by atoms with Gasteiger partial charge in [0, 0.05) is 21.5 Å². The molecule has 4 atom stereocenters. The summed E-state index contributed by atoms with van der Waals surface area (Å²) in [6.45, 7) is 4.25. The molecule has 1 fully saturated rings. The molecule has 168 valence electrons. The van der Waals surface area contributed by atoms with Crippen molar-refractivity contribution in [1.82, 2.24) is 9.13 Å². The molecule has 0 spiro atoms. The van der Waals surface area contributed by atoms with E-state index in [1.165, 1.54) is 43.6 Å². The van der Waals surface area contributed by atoms with Gasteiger partial charge in [0.15, 0.2) is 12.5 Å². The maximum Gasteiger partial charge on any atom is 0.161 e. The van der Waals surface area contributed by atoms with Crippen LogP contribution in [0.15, 0.2) is 97.1 Å². The molecule has 0 amide bonds. The normalized spacial score (nSPS) is 23.4. The van der Waals surface area contributed by atoms with Crippen LogP contribution in [0.2, 0.25) is 0 Å². The quantitative estimate of drug-likeness (QED) is 0.277. The summed E-state index contributed by atoms with van der Waals surface area (Å²) in [6.07, 6.45) is -0.714. The molecule has 0 saturated carbocycles. The second-order valence-electron chi connectivity index (χ2n) is 9.27. The van der Waals surface area contributed by atoms with Crippen molar-refractivity contribution >= 4 is 43.6 Å². The predicted molar refractivity (Wildman–Crippen MR) is 138 cm³/mol. The minimum Gasteiger partial charge on any atom is -0.348 e. The first-order valence-corrected chi connectivity index (χ1v) is 12.0. The first-order chi connectivity index (χ1) is 16.7. The molecule has 4 aromatic carbocycles. The molecule has 0 unspecified atom stereocenters. The average Bonchev–Trinajstić information content (AvgIpc) is 3.39. The zero-order valence-electron chi connectivity index (χ0n) is 19.3. The maximum atomic E-state index is 6.81. The van der Waals surface area contributed by atoms with Crippen molar-refractivity contribution in [2.24, 2.45) is 0 Å². The van der Waals surface area contributed by atoms with Gasteiger partial charge in [-0.25, -0.2) is 0 Å². The Morgan fingerprint density at radius 2 is 0.706 bits per heavy atom. The fourth-order valence-electron chi connectivity index (χ4n) is 5.79. The molecule has 34 heavy (non-hydrogen) atoms. The number of fused-ring (bicyclic) bond motifs is 6. The third-order valence-corrected chi connectivity index (χ3v) is 7.25. The van der Waals surface area contributed by atoms with Gasteiger partial charge < -0.3 is 18.6 Å². The molecule has 1 aliphatic heterocycles. The van der Waals surface area contributed by atoms with E-state index in [1.807, 2.05) is 0 Å². The van der Waals surface area contributed by atoms with Gasteiger partial charge in [-0.15, -0.1) is 0 Å². The summed E-state index contributed by atoms with van der Waals surface area (Å²) >= 11 is 0. The van der Waals surface area contributed by atoms with Gasteiger partial charge >= 0.3 is 0 Å². The van der Waals surface area contributed by atoms with E-state index in [2.05, 4.69) is 120 Å². The van der Waals surface area contributed by atoms with Crippen molar-refractivity contribution in [3.8, 4) is 0 Å². The minimum absolute atomic E-state index is 0.139. The zero-order valence-corrected chi connectivity index (χ0v) is 19.3. The fraction of sp³-hybridized carbons (Fsp3) is 0.200. The second kappa shape index (κ2) is 7.45. The molecule has 0 N–H and O–H groups in total. The van der Waals surface area contributed by atoms with E-state index in [-0.39, 0.29) is 24.7 Å². The highest BCUT2D eigenvalue weighted by molar-refractivity contribution is 6.09. The zero-order chi connectivity index (χ0) is 22.8. The topological polar surface area (TPSA) is 28.3 Å². The lowest BCUT2D eigenvalue weighted by Crippen LogP contribution is -2.42. The van der Waals surface area contributed by atoms with Gasteiger partial charge in [0.2, 0.25) is 0 Å². The Hall–Kier alpha value is -3.60. The van der Waals surface area contributed by atoms with Crippen LogP contribution in [0.1, 0.15) is 26.3 Å². The number of hydrogen-bond donors (Lipinski definition) is 0. The van der Waals surface area contributed by atoms with Crippen molar-refractivity contribution in [3.05, 3.63) is 97.1 Å². The Labute approximate surface area is 197 Å². The van der Waals surface area contributed by atoms with Crippen LogP contribution in [0.4, 0.5) is 0 Å². The second-order valence-corrected chi connectivity index (χ2v) is 9.27. The van der Waals surface area contributed by atoms with Crippen LogP contribution in [0.5, 0.6) is 0 Å². The lowest BCUT2D eigenvalue weighted by molar-refractivity contribution is -0.254. The van der Waals surface area contributed by atoms with Gasteiger partial charge in [0.1, 0.15) is 12.2 Å². The lowest BCUT2D eigenvalue weighted by atomic mass is 10.2. The Kier molecular flexibility index (Phi) is 4.35. The summed E-state index contributed by atoms with van der Waals surface area (Å²) in [6, 6.07) is 34.2. The molecule has 3 heterocycles. The highest BCUT2D eigenvalue weighted by atomic mass is 16.6. The third kappa shape index (κ3) is 2.73. The maximum absolute atomic E-state index is 6.81. The molecular weight excluding hydrogens is 420 g/mol. The molecule has 0 aliphatic carbocycles. The Morgan fingerprint density at radius 3 is 1.00 bits per heavy atom. The summed E-state index contributed by atoms with van der Waals surface area (Å²) in [5.74, 6) is 0. The van der Waals surface area contributed by atoms with Crippen LogP contribution >= 0.6 is 0 Å². The highest BCUT2D eigenvalue weighted by Crippen LogP contribution is 2.42. The average molecular weight is 447 g/mol. The SMILES string of the molecule is C[C@H]1O[C@H](n2c3ccccc3c3ccccc32)[C@@H](C)O[C@H]1n1c2ccccc2c2ccccc21. The highest BCUT2D eigenvalue weighted by Gasteiger charge is 2.38. The first-order valence-electron chi connectivity index (χ1n) is 12.0. The van der Waals surface area contributed by atoms with Crippen molar-refractivity contribution in [2.75, 3.05) is 0 Å². The van der Waals surface area contributed by atoms with E-state index in [0.717, 1.165) is 0 Å². The van der Waals surface area contributed by atoms with E-state index in [9.17, 15) is 0 Å². The van der Waals surface area contributed by atoms with Crippen molar-refractivity contribution in [2.45, 2.75) is 38.5 Å². The molecule has 0 bridgehead atoms. The molecule has 4 heteroatoms. The molecule has 1 aliphatic rings. The third-order valence-electron chi connectivity index (χ3n) is 7.25. The fourth-order valence-corrected chi connectivity index (χ4v) is 5.79. The standard InChI is InChI=1S/C30H26N2O2/c1-19-29(31-25-15-7-3-11-21(25)22-12-4-8-16-26(22)31)34-20(2)30(33-19)32-27-17-9-5-13-23(27)24-14-6-10-18-28(24)32/h3-20,29-30H,1-2H3/t19-,20-,29-,30+/m1/s1. The molecule has 4 nitrogen and oxygen atoms in total. The van der Waals surface area contributed by atoms with Gasteiger partial charge in [-0.05, 0) is 38.1 Å². The van der Waals surface area contributed by atoms with Crippen LogP contribution in [-0.2, 0) is 9.47 Å². The van der Waals surface area contributed by atoms with Gasteiger partial charge in [0.25, 0.3) is 0 Å². The summed E-state index contributed by atoms with van der Waals surface area (Å²) < 4.78 is 18.2. The largest absolute Gasteiger partial charge is 0.348 e. The van der Waals surface area contributed by atoms with Crippen molar-refractivity contribution in [3.63, 3.8) is 0 Å². The molecule has 1 saturated heterocycles. The van der Waals surface area contributed by atoms with Crippen LogP contribution in [-0.4, -0.2) is 21.3 Å². The molecular formula is C30H26N2O2. The van der Waals surface area contributed by atoms with E-state index in [1.54, 1.807) is 0 Å². The van der Waals surface area contributed by atoms with Crippen LogP contribution in [0.3, 0.4) is 0 Å². The Morgan fingerprint density at radius 1 is 0.441 bits per heavy atom. The summed E-state index contributed by atoms with van der Waals surface area (Å²) in [7, 11) is 0. The number of nitrogens with zero attached hydrogens (tertiary/aromatic N) is 2. The van der Waals surface area contributed by atoms with Crippen LogP contribution in [0, 0.1) is 0 Å². The van der Waals surface area contributed by atoms with Crippen molar-refractivity contribution < 1.29 is 9.47 Å². The summed E-state index contributed by atoms with van der Waals surface area (Å²) in [4.78, 5) is 0. The Balaban J connectivity index is 1.36. The molecule has 7 rings (SSSR count). The lowest BCUT2D eigenvalue weighted by Gasteiger charge is -2.41. The molecule has 0 radical (unpaired) electrons. The summed E-state index contributed by atoms with van der Waals surface area (Å²) in [5.41, 5.74) is 4.69.